The summed E-state index contributed by atoms with van der Waals surface area (Å²) >= 11 is 25.1. The lowest BCUT2D eigenvalue weighted by Crippen LogP contribution is -2.27. The predicted octanol–water partition coefficient (Wildman–Crippen LogP) is 8.12. The second-order valence-corrected chi connectivity index (χ2v) is 10.1. The molecule has 5 nitrogen and oxygen atoms in total. The van der Waals surface area contributed by atoms with E-state index in [-0.39, 0.29) is 23.3 Å². The SMILES string of the molecule is COc1cccc(/C=C2\SC(=O)N(Cc3ccc(Cl)c(Cl)c3)C2=O)c1OCc1ccc(Cl)cc1Cl. The van der Waals surface area contributed by atoms with Crippen LogP contribution in [0.1, 0.15) is 16.7 Å². The minimum atomic E-state index is -0.416. The van der Waals surface area contributed by atoms with Gasteiger partial charge >= 0.3 is 0 Å². The van der Waals surface area contributed by atoms with Gasteiger partial charge in [0.25, 0.3) is 11.1 Å². The maximum absolute atomic E-state index is 13.1. The highest BCUT2D eigenvalue weighted by Gasteiger charge is 2.35. The fourth-order valence-electron chi connectivity index (χ4n) is 3.35. The average Bonchev–Trinajstić information content (AvgIpc) is 3.08. The lowest BCUT2D eigenvalue weighted by molar-refractivity contribution is -0.123. The molecule has 4 rings (SSSR count). The number of carbonyl (C=O) groups excluding carboxylic acids is 2. The number of para-hydroxylation sites is 1. The van der Waals surface area contributed by atoms with Crippen LogP contribution < -0.4 is 9.47 Å². The summed E-state index contributed by atoms with van der Waals surface area (Å²) in [5.41, 5.74) is 2.00. The highest BCUT2D eigenvalue weighted by Crippen LogP contribution is 2.38. The van der Waals surface area contributed by atoms with E-state index in [1.807, 2.05) is 0 Å². The van der Waals surface area contributed by atoms with Crippen molar-refractivity contribution in [3.05, 3.63) is 96.3 Å². The van der Waals surface area contributed by atoms with Crippen LogP contribution in [0.3, 0.4) is 0 Å². The molecule has 0 spiro atoms. The zero-order chi connectivity index (χ0) is 25.1. The summed E-state index contributed by atoms with van der Waals surface area (Å²) in [5, 5.41) is 1.36. The van der Waals surface area contributed by atoms with E-state index in [9.17, 15) is 9.59 Å². The highest BCUT2D eigenvalue weighted by atomic mass is 35.5. The molecule has 0 unspecified atom stereocenters. The Hall–Kier alpha value is -2.35. The molecule has 1 aliphatic rings. The molecule has 0 bridgehead atoms. The average molecular weight is 569 g/mol. The van der Waals surface area contributed by atoms with Crippen molar-refractivity contribution < 1.29 is 19.1 Å². The Labute approximate surface area is 226 Å². The van der Waals surface area contributed by atoms with Gasteiger partial charge in [-0.2, -0.15) is 0 Å². The molecule has 1 fully saturated rings. The van der Waals surface area contributed by atoms with Gasteiger partial charge in [0.05, 0.1) is 28.6 Å². The van der Waals surface area contributed by atoms with E-state index in [2.05, 4.69) is 0 Å². The van der Waals surface area contributed by atoms with Crippen LogP contribution in [0.15, 0.2) is 59.5 Å². The molecule has 0 radical (unpaired) electrons. The monoisotopic (exact) mass is 567 g/mol. The third kappa shape index (κ3) is 5.90. The summed E-state index contributed by atoms with van der Waals surface area (Å²) in [6, 6.07) is 15.4. The van der Waals surface area contributed by atoms with Crippen molar-refractivity contribution in [3.63, 3.8) is 0 Å². The van der Waals surface area contributed by atoms with Gasteiger partial charge in [0.1, 0.15) is 6.61 Å². The van der Waals surface area contributed by atoms with Crippen molar-refractivity contribution in [2.75, 3.05) is 7.11 Å². The number of hydrogen-bond acceptors (Lipinski definition) is 5. The van der Waals surface area contributed by atoms with Crippen molar-refractivity contribution in [1.82, 2.24) is 4.90 Å². The molecule has 1 aliphatic heterocycles. The van der Waals surface area contributed by atoms with E-state index in [1.54, 1.807) is 60.7 Å². The molecule has 180 valence electrons. The van der Waals surface area contributed by atoms with Gasteiger partial charge in [-0.15, -0.1) is 0 Å². The number of ether oxygens (including phenoxy) is 2. The fourth-order valence-corrected chi connectivity index (χ4v) is 4.96. The van der Waals surface area contributed by atoms with Gasteiger partial charge < -0.3 is 9.47 Å². The van der Waals surface area contributed by atoms with E-state index in [4.69, 9.17) is 55.9 Å². The maximum atomic E-state index is 13.1. The number of carbonyl (C=O) groups is 2. The number of halogens is 4. The first-order valence-electron chi connectivity index (χ1n) is 10.2. The van der Waals surface area contributed by atoms with Gasteiger partial charge in [0.15, 0.2) is 11.5 Å². The van der Waals surface area contributed by atoms with Crippen LogP contribution in [-0.2, 0) is 17.9 Å². The Kier molecular flexibility index (Phi) is 8.19. The second kappa shape index (κ2) is 11.1. The summed E-state index contributed by atoms with van der Waals surface area (Å²) in [4.78, 5) is 27.1. The Bertz CT molecular complexity index is 1350. The van der Waals surface area contributed by atoms with Crippen molar-refractivity contribution in [2.24, 2.45) is 0 Å². The molecule has 0 aromatic heterocycles. The zero-order valence-corrected chi connectivity index (χ0v) is 22.0. The Morgan fingerprint density at radius 3 is 2.46 bits per heavy atom. The molecule has 35 heavy (non-hydrogen) atoms. The van der Waals surface area contributed by atoms with Gasteiger partial charge in [-0.25, -0.2) is 0 Å². The number of hydrogen-bond donors (Lipinski definition) is 0. The van der Waals surface area contributed by atoms with Crippen molar-refractivity contribution in [1.29, 1.82) is 0 Å². The number of rotatable bonds is 7. The molecule has 2 amide bonds. The summed E-state index contributed by atoms with van der Waals surface area (Å²) in [5.74, 6) is 0.469. The molecule has 1 saturated heterocycles. The van der Waals surface area contributed by atoms with Gasteiger partial charge in [-0.05, 0) is 53.7 Å². The van der Waals surface area contributed by atoms with Crippen LogP contribution in [0, 0.1) is 0 Å². The molecule has 0 saturated carbocycles. The largest absolute Gasteiger partial charge is 0.493 e. The standard InChI is InChI=1S/C25H17Cl4NO4S/c1-33-21-4-2-3-15(23(21)34-13-16-6-7-17(26)11-19(16)28)10-22-24(31)30(25(32)35-22)12-14-5-8-18(27)20(29)9-14/h2-11H,12-13H2,1H3/b22-10-. The molecule has 10 heteroatoms. The molecule has 1 heterocycles. The number of methoxy groups -OCH3 is 1. The van der Waals surface area contributed by atoms with Crippen LogP contribution in [0.2, 0.25) is 20.1 Å². The number of thioether (sulfide) groups is 1. The molecular formula is C25H17Cl4NO4S. The maximum Gasteiger partial charge on any atom is 0.293 e. The molecule has 3 aromatic rings. The van der Waals surface area contributed by atoms with Gasteiger partial charge in [-0.1, -0.05) is 70.7 Å². The lowest BCUT2D eigenvalue weighted by Gasteiger charge is -2.15. The van der Waals surface area contributed by atoms with Crippen molar-refractivity contribution >= 4 is 75.4 Å². The molecule has 0 N–H and O–H groups in total. The molecular weight excluding hydrogens is 552 g/mol. The Morgan fingerprint density at radius 2 is 1.74 bits per heavy atom. The minimum Gasteiger partial charge on any atom is -0.493 e. The van der Waals surface area contributed by atoms with E-state index >= 15 is 0 Å². The molecule has 3 aromatic carbocycles. The lowest BCUT2D eigenvalue weighted by atomic mass is 10.1. The zero-order valence-electron chi connectivity index (χ0n) is 18.2. The third-order valence-corrected chi connectivity index (χ3v) is 7.33. The predicted molar refractivity (Wildman–Crippen MR) is 142 cm³/mol. The number of imide groups is 1. The first kappa shape index (κ1) is 25.7. The topological polar surface area (TPSA) is 55.8 Å². The van der Waals surface area contributed by atoms with Crippen molar-refractivity contribution in [3.8, 4) is 11.5 Å². The first-order chi connectivity index (χ1) is 16.8. The summed E-state index contributed by atoms with van der Waals surface area (Å²) in [6.07, 6.45) is 1.61. The highest BCUT2D eigenvalue weighted by molar-refractivity contribution is 8.18. The normalized spacial score (nSPS) is 14.7. The third-order valence-electron chi connectivity index (χ3n) is 5.10. The number of benzene rings is 3. The number of amides is 2. The van der Waals surface area contributed by atoms with Crippen molar-refractivity contribution in [2.45, 2.75) is 13.2 Å². The van der Waals surface area contributed by atoms with Crippen LogP contribution in [0.25, 0.3) is 6.08 Å². The van der Waals surface area contributed by atoms with E-state index in [1.165, 1.54) is 7.11 Å². The smallest absolute Gasteiger partial charge is 0.293 e. The number of nitrogens with zero attached hydrogens (tertiary/aromatic N) is 1. The summed E-state index contributed by atoms with van der Waals surface area (Å²) in [7, 11) is 1.52. The quantitative estimate of drug-likeness (QED) is 0.269. The van der Waals surface area contributed by atoms with E-state index < -0.39 is 5.91 Å². The Morgan fingerprint density at radius 1 is 0.943 bits per heavy atom. The summed E-state index contributed by atoms with van der Waals surface area (Å²) < 4.78 is 11.5. The van der Waals surface area contributed by atoms with Crippen LogP contribution >= 0.6 is 58.2 Å². The van der Waals surface area contributed by atoms with E-state index in [0.717, 1.165) is 22.2 Å². The van der Waals surface area contributed by atoms with Crippen LogP contribution in [-0.4, -0.2) is 23.2 Å². The van der Waals surface area contributed by atoms with Crippen LogP contribution in [0.4, 0.5) is 4.79 Å². The Balaban J connectivity index is 1.59. The fraction of sp³-hybridized carbons (Fsp3) is 0.120. The first-order valence-corrected chi connectivity index (χ1v) is 12.5. The molecule has 0 atom stereocenters. The van der Waals surface area contributed by atoms with Gasteiger partial charge in [0.2, 0.25) is 0 Å². The van der Waals surface area contributed by atoms with Gasteiger partial charge in [0, 0.05) is 21.2 Å². The minimum absolute atomic E-state index is 0.0788. The van der Waals surface area contributed by atoms with Crippen LogP contribution in [0.5, 0.6) is 11.5 Å². The molecule has 0 aliphatic carbocycles. The van der Waals surface area contributed by atoms with Gasteiger partial charge in [-0.3, -0.25) is 14.5 Å². The van der Waals surface area contributed by atoms with E-state index in [0.29, 0.717) is 42.7 Å². The second-order valence-electron chi connectivity index (χ2n) is 7.42. The summed E-state index contributed by atoms with van der Waals surface area (Å²) in [6.45, 7) is 0.228.